The van der Waals surface area contributed by atoms with Gasteiger partial charge in [-0.25, -0.2) is 9.97 Å². The fourth-order valence-electron chi connectivity index (χ4n) is 1.95. The Balaban J connectivity index is 1.97. The van der Waals surface area contributed by atoms with Gasteiger partial charge in [0.1, 0.15) is 10.8 Å². The fraction of sp³-hybridized carbons (Fsp3) is 0.200. The van der Waals surface area contributed by atoms with Gasteiger partial charge in [0, 0.05) is 28.9 Å². The third kappa shape index (κ3) is 3.31. The first-order valence-corrected chi connectivity index (χ1v) is 7.96. The smallest absolute Gasteiger partial charge is 0.170 e. The molecular formula is C15H15ClN4S. The van der Waals surface area contributed by atoms with Crippen LogP contribution in [0.3, 0.4) is 0 Å². The number of nitrogens with zero attached hydrogens (tertiary/aromatic N) is 3. The maximum atomic E-state index is 6.04. The fourth-order valence-corrected chi connectivity index (χ4v) is 3.16. The number of nitrogens with one attached hydrogen (secondary N) is 1. The second kappa shape index (κ2) is 6.37. The summed E-state index contributed by atoms with van der Waals surface area (Å²) in [6, 6.07) is 7.75. The second-order valence-corrected chi connectivity index (χ2v) is 6.07. The van der Waals surface area contributed by atoms with Gasteiger partial charge in [0.25, 0.3) is 0 Å². The average molecular weight is 319 g/mol. The van der Waals surface area contributed by atoms with Gasteiger partial charge < -0.3 is 9.72 Å². The Labute approximate surface area is 132 Å². The van der Waals surface area contributed by atoms with Crippen molar-refractivity contribution < 1.29 is 0 Å². The molecule has 0 fully saturated rings. The van der Waals surface area contributed by atoms with Gasteiger partial charge in [-0.15, -0.1) is 0 Å². The molecule has 1 aromatic carbocycles. The molecule has 0 saturated heterocycles. The Morgan fingerprint density at radius 2 is 2.29 bits per heavy atom. The van der Waals surface area contributed by atoms with Crippen molar-refractivity contribution in [3.8, 4) is 0 Å². The Morgan fingerprint density at radius 3 is 3.10 bits per heavy atom. The lowest BCUT2D eigenvalue weighted by molar-refractivity contribution is 0.945. The van der Waals surface area contributed by atoms with Crippen molar-refractivity contribution in [1.82, 2.24) is 14.4 Å². The average Bonchev–Trinajstić information content (AvgIpc) is 2.94. The largest absolute Gasteiger partial charge is 0.369 e. The third-order valence-corrected chi connectivity index (χ3v) is 4.10. The minimum Gasteiger partial charge on any atom is -0.369 e. The number of rotatable bonds is 5. The van der Waals surface area contributed by atoms with Gasteiger partial charge in [0.2, 0.25) is 0 Å². The van der Waals surface area contributed by atoms with E-state index in [0.29, 0.717) is 0 Å². The molecule has 21 heavy (non-hydrogen) atoms. The molecule has 2 aromatic heterocycles. The normalized spacial score (nSPS) is 11.0. The maximum Gasteiger partial charge on any atom is 0.170 e. The van der Waals surface area contributed by atoms with Crippen LogP contribution in [0, 0.1) is 0 Å². The highest BCUT2D eigenvalue weighted by molar-refractivity contribution is 7.99. The predicted octanol–water partition coefficient (Wildman–Crippen LogP) is 4.36. The first-order valence-electron chi connectivity index (χ1n) is 6.77. The minimum atomic E-state index is 0.722. The second-order valence-electron chi connectivity index (χ2n) is 4.58. The summed E-state index contributed by atoms with van der Waals surface area (Å²) in [5, 5.41) is 4.90. The van der Waals surface area contributed by atoms with Crippen LogP contribution in [0.4, 0.5) is 5.82 Å². The van der Waals surface area contributed by atoms with E-state index in [4.69, 9.17) is 11.6 Å². The zero-order valence-corrected chi connectivity index (χ0v) is 13.2. The Morgan fingerprint density at radius 1 is 1.38 bits per heavy atom. The summed E-state index contributed by atoms with van der Waals surface area (Å²) in [4.78, 5) is 10.1. The Kier molecular flexibility index (Phi) is 4.31. The summed E-state index contributed by atoms with van der Waals surface area (Å²) in [7, 11) is 0. The number of halogens is 1. The van der Waals surface area contributed by atoms with Gasteiger partial charge in [-0.3, -0.25) is 0 Å². The van der Waals surface area contributed by atoms with Crippen molar-refractivity contribution in [3.05, 3.63) is 47.9 Å². The summed E-state index contributed by atoms with van der Waals surface area (Å²) < 4.78 is 1.98. The highest BCUT2D eigenvalue weighted by Crippen LogP contribution is 2.31. The van der Waals surface area contributed by atoms with Crippen LogP contribution in [0.15, 0.2) is 52.8 Å². The third-order valence-electron chi connectivity index (χ3n) is 2.91. The molecule has 4 nitrogen and oxygen atoms in total. The van der Waals surface area contributed by atoms with Crippen molar-refractivity contribution in [1.29, 1.82) is 0 Å². The lowest BCUT2D eigenvalue weighted by Crippen LogP contribution is -2.04. The number of imidazole rings is 1. The number of benzene rings is 1. The van der Waals surface area contributed by atoms with Crippen LogP contribution in [0.5, 0.6) is 0 Å². The zero-order chi connectivity index (χ0) is 14.7. The van der Waals surface area contributed by atoms with E-state index in [0.717, 1.165) is 39.4 Å². The van der Waals surface area contributed by atoms with Crippen LogP contribution in [0.2, 0.25) is 5.02 Å². The summed E-state index contributed by atoms with van der Waals surface area (Å²) in [5.41, 5.74) is 0.849. The first-order chi connectivity index (χ1) is 10.3. The number of hydrogen-bond donors (Lipinski definition) is 1. The van der Waals surface area contributed by atoms with Crippen LogP contribution in [-0.4, -0.2) is 20.9 Å². The Bertz CT molecular complexity index is 756. The highest BCUT2D eigenvalue weighted by Gasteiger charge is 2.09. The molecule has 0 radical (unpaired) electrons. The molecule has 2 heterocycles. The van der Waals surface area contributed by atoms with Crippen molar-refractivity contribution in [2.24, 2.45) is 0 Å². The lowest BCUT2D eigenvalue weighted by Gasteiger charge is -2.08. The predicted molar refractivity (Wildman–Crippen MR) is 87.3 cm³/mol. The van der Waals surface area contributed by atoms with Gasteiger partial charge >= 0.3 is 0 Å². The molecule has 0 bridgehead atoms. The van der Waals surface area contributed by atoms with Crippen LogP contribution in [-0.2, 0) is 0 Å². The van der Waals surface area contributed by atoms with Crippen LogP contribution < -0.4 is 5.32 Å². The summed E-state index contributed by atoms with van der Waals surface area (Å²) in [6.45, 7) is 3.03. The lowest BCUT2D eigenvalue weighted by atomic mass is 10.4. The van der Waals surface area contributed by atoms with E-state index in [2.05, 4.69) is 22.2 Å². The van der Waals surface area contributed by atoms with E-state index < -0.39 is 0 Å². The molecule has 3 aromatic rings. The molecule has 0 spiro atoms. The number of fused-ring (bicyclic) bond motifs is 1. The molecule has 1 N–H and O–H groups in total. The van der Waals surface area contributed by atoms with Crippen LogP contribution in [0.25, 0.3) is 5.65 Å². The van der Waals surface area contributed by atoms with Gasteiger partial charge in [0.05, 0.1) is 6.20 Å². The number of hydrogen-bond acceptors (Lipinski definition) is 4. The van der Waals surface area contributed by atoms with E-state index in [-0.39, 0.29) is 0 Å². The molecule has 0 atom stereocenters. The van der Waals surface area contributed by atoms with Crippen molar-refractivity contribution in [3.63, 3.8) is 0 Å². The Hall–Kier alpha value is -1.72. The molecule has 0 unspecified atom stereocenters. The van der Waals surface area contributed by atoms with Crippen molar-refractivity contribution >= 4 is 34.8 Å². The minimum absolute atomic E-state index is 0.722. The summed E-state index contributed by atoms with van der Waals surface area (Å²) >= 11 is 7.61. The van der Waals surface area contributed by atoms with E-state index in [1.165, 1.54) is 0 Å². The van der Waals surface area contributed by atoms with E-state index in [9.17, 15) is 0 Å². The van der Waals surface area contributed by atoms with Gasteiger partial charge in [-0.1, -0.05) is 36.4 Å². The molecule has 6 heteroatoms. The summed E-state index contributed by atoms with van der Waals surface area (Å²) in [6.07, 6.45) is 6.72. The number of anilines is 1. The van der Waals surface area contributed by atoms with Crippen molar-refractivity contribution in [2.45, 2.75) is 23.3 Å². The topological polar surface area (TPSA) is 42.2 Å². The van der Waals surface area contributed by atoms with E-state index in [1.54, 1.807) is 18.0 Å². The van der Waals surface area contributed by atoms with Crippen molar-refractivity contribution in [2.75, 3.05) is 11.9 Å². The molecule has 3 rings (SSSR count). The maximum absolute atomic E-state index is 6.04. The number of aromatic nitrogens is 3. The first kappa shape index (κ1) is 14.2. The van der Waals surface area contributed by atoms with Crippen LogP contribution in [0.1, 0.15) is 13.3 Å². The molecule has 0 amide bonds. The van der Waals surface area contributed by atoms with Gasteiger partial charge in [0.15, 0.2) is 5.65 Å². The molecule has 108 valence electrons. The molecular weight excluding hydrogens is 304 g/mol. The van der Waals surface area contributed by atoms with Crippen LogP contribution >= 0.6 is 23.4 Å². The van der Waals surface area contributed by atoms with E-state index in [1.807, 2.05) is 41.1 Å². The highest BCUT2D eigenvalue weighted by atomic mass is 35.5. The quantitative estimate of drug-likeness (QED) is 0.759. The standard InChI is InChI=1S/C15H15ClN4S/c1-2-6-17-13-10-20-8-7-18-14(20)15(19-13)21-12-5-3-4-11(16)9-12/h3-5,7-10,17H,2,6H2,1H3. The SMILES string of the molecule is CCCNc1cn2ccnc2c(Sc2cccc(Cl)c2)n1. The molecule has 0 saturated carbocycles. The molecule has 0 aliphatic heterocycles. The monoisotopic (exact) mass is 318 g/mol. The van der Waals surface area contributed by atoms with E-state index >= 15 is 0 Å². The van der Waals surface area contributed by atoms with Gasteiger partial charge in [-0.05, 0) is 24.6 Å². The molecule has 0 aliphatic carbocycles. The molecule has 0 aliphatic rings. The van der Waals surface area contributed by atoms with Gasteiger partial charge in [-0.2, -0.15) is 0 Å². The summed E-state index contributed by atoms with van der Waals surface area (Å²) in [5.74, 6) is 0.854. The zero-order valence-electron chi connectivity index (χ0n) is 11.6.